The Hall–Kier alpha value is -5.56. The number of halogens is 1. The predicted octanol–water partition coefficient (Wildman–Crippen LogP) is 3.95. The Kier molecular flexibility index (Phi) is 10.1. The molecule has 0 bridgehead atoms. The molecule has 5 rings (SSSR count). The highest BCUT2D eigenvalue weighted by molar-refractivity contribution is 6.30. The number of rotatable bonds is 11. The van der Waals surface area contributed by atoms with E-state index in [2.05, 4.69) is 31.5 Å². The van der Waals surface area contributed by atoms with E-state index in [4.69, 9.17) is 21.1 Å². The smallest absolute Gasteiger partial charge is 0.411 e. The zero-order valence-electron chi connectivity index (χ0n) is 23.8. The maximum Gasteiger partial charge on any atom is 0.411 e. The van der Waals surface area contributed by atoms with Gasteiger partial charge in [0.05, 0.1) is 5.69 Å². The summed E-state index contributed by atoms with van der Waals surface area (Å²) in [6, 6.07) is 19.8. The van der Waals surface area contributed by atoms with Crippen LogP contribution in [0.25, 0.3) is 11.8 Å². The second kappa shape index (κ2) is 14.8. The first-order chi connectivity index (χ1) is 21.8. The van der Waals surface area contributed by atoms with Crippen molar-refractivity contribution in [3.05, 3.63) is 101 Å². The lowest BCUT2D eigenvalue weighted by Crippen LogP contribution is -2.44. The number of aromatic nitrogens is 4. The summed E-state index contributed by atoms with van der Waals surface area (Å²) in [6.45, 7) is -0.0328. The van der Waals surface area contributed by atoms with Crippen molar-refractivity contribution in [2.75, 3.05) is 17.2 Å². The molecule has 4 aromatic rings. The normalized spacial score (nSPS) is 14.9. The maximum atomic E-state index is 13.4. The van der Waals surface area contributed by atoms with Crippen LogP contribution in [0.4, 0.5) is 16.2 Å². The number of ether oxygens (including phenoxy) is 2. The van der Waals surface area contributed by atoms with Crippen molar-refractivity contribution in [2.24, 2.45) is 0 Å². The first kappa shape index (κ1) is 30.9. The van der Waals surface area contributed by atoms with Crippen molar-refractivity contribution >= 4 is 52.9 Å². The van der Waals surface area contributed by atoms with Crippen molar-refractivity contribution in [1.29, 1.82) is 0 Å². The van der Waals surface area contributed by atoms with Gasteiger partial charge in [-0.2, -0.15) is 4.68 Å². The van der Waals surface area contributed by atoms with Gasteiger partial charge in [-0.25, -0.2) is 4.79 Å². The maximum absolute atomic E-state index is 13.4. The number of nitrogens with zero attached hydrogens (tertiary/aromatic N) is 4. The number of tetrazole rings is 1. The monoisotopic (exact) mass is 629 g/mol. The lowest BCUT2D eigenvalue weighted by atomic mass is 10.0. The van der Waals surface area contributed by atoms with E-state index in [1.165, 1.54) is 17.1 Å². The van der Waals surface area contributed by atoms with Crippen molar-refractivity contribution in [2.45, 2.75) is 31.4 Å². The van der Waals surface area contributed by atoms with Crippen LogP contribution in [0, 0.1) is 0 Å². The van der Waals surface area contributed by atoms with Crippen LogP contribution in [-0.2, 0) is 30.3 Å². The molecule has 0 aliphatic carbocycles. The molecule has 2 atom stereocenters. The van der Waals surface area contributed by atoms with Crippen LogP contribution in [0.15, 0.2) is 85.2 Å². The van der Waals surface area contributed by atoms with Gasteiger partial charge in [0.2, 0.25) is 11.8 Å². The van der Waals surface area contributed by atoms with Crippen LogP contribution in [0.5, 0.6) is 0 Å². The fourth-order valence-electron chi connectivity index (χ4n) is 4.47. The lowest BCUT2D eigenvalue weighted by molar-refractivity contribution is -0.142. The first-order valence-corrected chi connectivity index (χ1v) is 14.3. The van der Waals surface area contributed by atoms with Gasteiger partial charge in [0.25, 0.3) is 0 Å². The molecule has 3 N–H and O–H groups in total. The summed E-state index contributed by atoms with van der Waals surface area (Å²) < 4.78 is 11.6. The van der Waals surface area contributed by atoms with Gasteiger partial charge in [-0.3, -0.25) is 19.7 Å². The van der Waals surface area contributed by atoms with Gasteiger partial charge >= 0.3 is 12.1 Å². The zero-order chi connectivity index (χ0) is 31.6. The average Bonchev–Trinajstić information content (AvgIpc) is 3.72. The molecule has 1 aliphatic heterocycles. The summed E-state index contributed by atoms with van der Waals surface area (Å²) >= 11 is 6.17. The van der Waals surface area contributed by atoms with Gasteiger partial charge in [0, 0.05) is 40.9 Å². The van der Waals surface area contributed by atoms with E-state index in [9.17, 15) is 19.2 Å². The highest BCUT2D eigenvalue weighted by Gasteiger charge is 2.25. The second-order valence-corrected chi connectivity index (χ2v) is 10.4. The molecular formula is C31H28ClN7O6. The Balaban J connectivity index is 1.21. The fraction of sp³-hybridized carbons (Fsp3) is 0.194. The SMILES string of the molecule is O=C(C=Cc1cc(Cl)ccc1-n1cnnn1)N[C@@H](Cc1ccccc1)C(=O)Nc1ccc(NC(=O)OC[C@H]2CCC(=O)O2)cc1. The van der Waals surface area contributed by atoms with E-state index in [0.717, 1.165) is 5.56 Å². The Bertz CT molecular complexity index is 1680. The number of benzene rings is 3. The molecule has 3 amide bonds. The van der Waals surface area contributed by atoms with E-state index in [1.54, 1.807) is 48.5 Å². The van der Waals surface area contributed by atoms with Crippen molar-refractivity contribution in [3.8, 4) is 5.69 Å². The van der Waals surface area contributed by atoms with Crippen molar-refractivity contribution in [3.63, 3.8) is 0 Å². The summed E-state index contributed by atoms with van der Waals surface area (Å²) in [5, 5.41) is 19.8. The molecule has 1 saturated heterocycles. The Morgan fingerprint density at radius 2 is 1.80 bits per heavy atom. The minimum Gasteiger partial charge on any atom is -0.459 e. The molecule has 0 radical (unpaired) electrons. The minimum atomic E-state index is -0.916. The fourth-order valence-corrected chi connectivity index (χ4v) is 4.65. The van der Waals surface area contributed by atoms with E-state index >= 15 is 0 Å². The van der Waals surface area contributed by atoms with E-state index in [1.807, 2.05) is 30.3 Å². The third-order valence-corrected chi connectivity index (χ3v) is 6.92. The number of hydrogen-bond donors (Lipinski definition) is 3. The third kappa shape index (κ3) is 8.97. The van der Waals surface area contributed by atoms with Crippen LogP contribution >= 0.6 is 11.6 Å². The molecule has 2 heterocycles. The quantitative estimate of drug-likeness (QED) is 0.164. The van der Waals surface area contributed by atoms with E-state index < -0.39 is 30.1 Å². The number of nitrogens with one attached hydrogen (secondary N) is 3. The van der Waals surface area contributed by atoms with Crippen LogP contribution in [-0.4, -0.2) is 62.8 Å². The number of cyclic esters (lactones) is 1. The summed E-state index contributed by atoms with van der Waals surface area (Å²) in [6.07, 6.45) is 4.21. The number of esters is 1. The molecule has 1 aliphatic rings. The largest absolute Gasteiger partial charge is 0.459 e. The first-order valence-electron chi connectivity index (χ1n) is 13.9. The summed E-state index contributed by atoms with van der Waals surface area (Å²) in [4.78, 5) is 49.7. The van der Waals surface area contributed by atoms with Gasteiger partial charge in [0.1, 0.15) is 25.1 Å². The average molecular weight is 630 g/mol. The Morgan fingerprint density at radius 3 is 2.49 bits per heavy atom. The van der Waals surface area contributed by atoms with Gasteiger partial charge in [-0.15, -0.1) is 5.10 Å². The Morgan fingerprint density at radius 1 is 1.04 bits per heavy atom. The van der Waals surface area contributed by atoms with Crippen LogP contribution in [0.2, 0.25) is 5.02 Å². The summed E-state index contributed by atoms with van der Waals surface area (Å²) in [5.41, 5.74) is 2.93. The molecule has 1 aromatic heterocycles. The number of carbonyl (C=O) groups is 4. The van der Waals surface area contributed by atoms with E-state index in [0.29, 0.717) is 40.5 Å². The van der Waals surface area contributed by atoms with Crippen molar-refractivity contribution < 1.29 is 28.7 Å². The molecule has 0 saturated carbocycles. The highest BCUT2D eigenvalue weighted by Crippen LogP contribution is 2.21. The summed E-state index contributed by atoms with van der Waals surface area (Å²) in [7, 11) is 0. The number of amides is 3. The molecule has 0 spiro atoms. The van der Waals surface area contributed by atoms with Crippen molar-refractivity contribution in [1.82, 2.24) is 25.5 Å². The second-order valence-electron chi connectivity index (χ2n) is 9.98. The molecule has 1 fully saturated rings. The molecule has 45 heavy (non-hydrogen) atoms. The predicted molar refractivity (Wildman–Crippen MR) is 164 cm³/mol. The lowest BCUT2D eigenvalue weighted by Gasteiger charge is -2.18. The molecular weight excluding hydrogens is 602 g/mol. The summed E-state index contributed by atoms with van der Waals surface area (Å²) in [5.74, 6) is -1.25. The van der Waals surface area contributed by atoms with Gasteiger partial charge in [-0.1, -0.05) is 41.9 Å². The topological polar surface area (TPSA) is 166 Å². The van der Waals surface area contributed by atoms with E-state index in [-0.39, 0.29) is 19.0 Å². The molecule has 13 nitrogen and oxygen atoms in total. The van der Waals surface area contributed by atoms with Crippen LogP contribution in [0.1, 0.15) is 24.0 Å². The number of carbonyl (C=O) groups excluding carboxylic acids is 4. The van der Waals surface area contributed by atoms with Gasteiger partial charge < -0.3 is 20.1 Å². The molecule has 230 valence electrons. The van der Waals surface area contributed by atoms with Gasteiger partial charge in [0.15, 0.2) is 0 Å². The van der Waals surface area contributed by atoms with Crippen LogP contribution < -0.4 is 16.0 Å². The highest BCUT2D eigenvalue weighted by atomic mass is 35.5. The molecule has 0 unspecified atom stereocenters. The third-order valence-electron chi connectivity index (χ3n) is 6.68. The Labute approximate surface area is 262 Å². The van der Waals surface area contributed by atoms with Gasteiger partial charge in [-0.05, 0) is 71.0 Å². The minimum absolute atomic E-state index is 0.0328. The molecule has 3 aromatic carbocycles. The number of anilines is 2. The molecule has 14 heteroatoms. The number of hydrogen-bond acceptors (Lipinski definition) is 9. The van der Waals surface area contributed by atoms with Crippen LogP contribution in [0.3, 0.4) is 0 Å². The zero-order valence-corrected chi connectivity index (χ0v) is 24.5. The standard InChI is InChI=1S/C31H28ClN7O6/c32-22-7-13-27(39-19-33-37-38-39)21(17-22)6-14-28(40)36-26(16-20-4-2-1-3-5-20)30(42)34-23-8-10-24(11-9-23)35-31(43)44-18-25-12-15-29(41)45-25/h1-11,13-14,17,19,25-26H,12,15-16,18H2,(H,34,42)(H,35,43)(H,36,40)/t25-,26+/m1/s1.